The molecule has 1 aliphatic heterocycles. The van der Waals surface area contributed by atoms with Crippen LogP contribution in [-0.4, -0.2) is 40.9 Å². The molecule has 0 unspecified atom stereocenters. The van der Waals surface area contributed by atoms with Crippen LogP contribution in [-0.2, 0) is 14.4 Å². The van der Waals surface area contributed by atoms with Crippen LogP contribution in [0.1, 0.15) is 19.8 Å². The average Bonchev–Trinajstić information content (AvgIpc) is 2.62. The second-order valence-electron chi connectivity index (χ2n) is 6.04. The minimum absolute atomic E-state index is 0.198. The van der Waals surface area contributed by atoms with Gasteiger partial charge < -0.3 is 15.7 Å². The second kappa shape index (κ2) is 8.16. The van der Waals surface area contributed by atoms with Crippen molar-refractivity contribution in [1.82, 2.24) is 4.90 Å². The Kier molecular flexibility index (Phi) is 5.96. The number of nitrogens with two attached hydrogens (primary N) is 1. The number of aliphatic carboxylic acids is 1. The minimum atomic E-state index is -0.877. The summed E-state index contributed by atoms with van der Waals surface area (Å²) in [4.78, 5) is 38.2. The number of benzene rings is 1. The SMILES string of the molecule is CC(=O)N(/C=C(/C#N)C(=O)N1CCC(C(=O)O)CC1)c1cccc(N)c1. The molecule has 26 heavy (non-hydrogen) atoms. The van der Waals surface area contributed by atoms with Crippen molar-refractivity contribution in [3.8, 4) is 6.07 Å². The lowest BCUT2D eigenvalue weighted by Crippen LogP contribution is -2.41. The van der Waals surface area contributed by atoms with Crippen molar-refractivity contribution in [2.75, 3.05) is 23.7 Å². The van der Waals surface area contributed by atoms with Gasteiger partial charge in [-0.25, -0.2) is 0 Å². The number of nitrogen functional groups attached to an aromatic ring is 1. The van der Waals surface area contributed by atoms with Gasteiger partial charge in [0.1, 0.15) is 11.6 Å². The zero-order valence-electron chi connectivity index (χ0n) is 14.4. The number of carbonyl (C=O) groups excluding carboxylic acids is 2. The third-order valence-electron chi connectivity index (χ3n) is 4.23. The van der Waals surface area contributed by atoms with E-state index in [2.05, 4.69) is 0 Å². The van der Waals surface area contributed by atoms with Gasteiger partial charge in [0.15, 0.2) is 0 Å². The maximum atomic E-state index is 12.6. The van der Waals surface area contributed by atoms with Crippen molar-refractivity contribution in [2.24, 2.45) is 5.92 Å². The quantitative estimate of drug-likeness (QED) is 0.476. The van der Waals surface area contributed by atoms with Crippen molar-refractivity contribution < 1.29 is 19.5 Å². The number of likely N-dealkylation sites (tertiary alicyclic amines) is 1. The Bertz CT molecular complexity index is 789. The number of carboxylic acids is 1. The molecule has 1 aromatic rings. The number of carboxylic acid groups (broad SMARTS) is 1. The summed E-state index contributed by atoms with van der Waals surface area (Å²) in [6.45, 7) is 1.83. The molecule has 1 fully saturated rings. The molecule has 8 heteroatoms. The third-order valence-corrected chi connectivity index (χ3v) is 4.23. The summed E-state index contributed by atoms with van der Waals surface area (Å²) in [6, 6.07) is 8.37. The fourth-order valence-corrected chi connectivity index (χ4v) is 2.78. The first-order valence-corrected chi connectivity index (χ1v) is 8.12. The summed E-state index contributed by atoms with van der Waals surface area (Å²) < 4.78 is 0. The predicted molar refractivity (Wildman–Crippen MR) is 94.7 cm³/mol. The van der Waals surface area contributed by atoms with E-state index in [-0.39, 0.29) is 24.6 Å². The van der Waals surface area contributed by atoms with Gasteiger partial charge in [-0.15, -0.1) is 0 Å². The van der Waals surface area contributed by atoms with Gasteiger partial charge in [-0.1, -0.05) is 6.07 Å². The molecule has 0 saturated carbocycles. The highest BCUT2D eigenvalue weighted by molar-refractivity contribution is 6.01. The number of hydrogen-bond acceptors (Lipinski definition) is 5. The Morgan fingerprint density at radius 2 is 2.00 bits per heavy atom. The van der Waals surface area contributed by atoms with Crippen molar-refractivity contribution in [3.05, 3.63) is 36.0 Å². The van der Waals surface area contributed by atoms with Gasteiger partial charge in [0, 0.05) is 31.9 Å². The normalized spacial score (nSPS) is 15.2. The molecular weight excluding hydrogens is 336 g/mol. The van der Waals surface area contributed by atoms with Crippen LogP contribution in [0.15, 0.2) is 36.0 Å². The van der Waals surface area contributed by atoms with Crippen molar-refractivity contribution in [2.45, 2.75) is 19.8 Å². The number of nitrogens with zero attached hydrogens (tertiary/aromatic N) is 3. The highest BCUT2D eigenvalue weighted by Crippen LogP contribution is 2.21. The van der Waals surface area contributed by atoms with E-state index in [1.165, 1.54) is 22.9 Å². The summed E-state index contributed by atoms with van der Waals surface area (Å²) in [5, 5.41) is 18.4. The van der Waals surface area contributed by atoms with Crippen LogP contribution < -0.4 is 10.6 Å². The lowest BCUT2D eigenvalue weighted by molar-refractivity contribution is -0.145. The molecule has 136 valence electrons. The minimum Gasteiger partial charge on any atom is -0.481 e. The van der Waals surface area contributed by atoms with Crippen molar-refractivity contribution in [1.29, 1.82) is 5.26 Å². The molecule has 0 atom stereocenters. The zero-order valence-corrected chi connectivity index (χ0v) is 14.4. The Morgan fingerprint density at radius 1 is 1.35 bits per heavy atom. The van der Waals surface area contributed by atoms with E-state index in [1.54, 1.807) is 24.3 Å². The fraction of sp³-hybridized carbons (Fsp3) is 0.333. The molecule has 1 aromatic carbocycles. The molecule has 0 bridgehead atoms. The van der Waals surface area contributed by atoms with Gasteiger partial charge in [-0.3, -0.25) is 19.3 Å². The van der Waals surface area contributed by atoms with Crippen LogP contribution in [0.4, 0.5) is 11.4 Å². The molecule has 2 amide bonds. The van der Waals surface area contributed by atoms with Crippen LogP contribution >= 0.6 is 0 Å². The number of amides is 2. The molecule has 0 aliphatic carbocycles. The van der Waals surface area contributed by atoms with Crippen molar-refractivity contribution >= 4 is 29.2 Å². The highest BCUT2D eigenvalue weighted by atomic mass is 16.4. The van der Waals surface area contributed by atoms with Gasteiger partial charge in [0.25, 0.3) is 5.91 Å². The van der Waals surface area contributed by atoms with Crippen molar-refractivity contribution in [3.63, 3.8) is 0 Å². The molecule has 0 aromatic heterocycles. The Morgan fingerprint density at radius 3 is 2.50 bits per heavy atom. The predicted octanol–water partition coefficient (Wildman–Crippen LogP) is 1.35. The van der Waals surface area contributed by atoms with Crippen LogP contribution in [0.3, 0.4) is 0 Å². The summed E-state index contributed by atoms with van der Waals surface area (Å²) in [5.74, 6) is -2.25. The fourth-order valence-electron chi connectivity index (χ4n) is 2.78. The summed E-state index contributed by atoms with van der Waals surface area (Å²) >= 11 is 0. The number of anilines is 2. The van der Waals surface area contributed by atoms with Gasteiger partial charge in [-0.2, -0.15) is 5.26 Å². The van der Waals surface area contributed by atoms with Crippen LogP contribution in [0.5, 0.6) is 0 Å². The maximum absolute atomic E-state index is 12.6. The van der Waals surface area contributed by atoms with E-state index in [4.69, 9.17) is 10.8 Å². The maximum Gasteiger partial charge on any atom is 0.306 e. The average molecular weight is 356 g/mol. The van der Waals surface area contributed by atoms with Crippen LogP contribution in [0.25, 0.3) is 0 Å². The third kappa shape index (κ3) is 4.39. The molecular formula is C18H20N4O4. The van der Waals surface area contributed by atoms with Gasteiger partial charge in [-0.05, 0) is 31.0 Å². The molecule has 0 spiro atoms. The largest absolute Gasteiger partial charge is 0.481 e. The Balaban J connectivity index is 2.22. The van der Waals surface area contributed by atoms with E-state index in [0.717, 1.165) is 0 Å². The lowest BCUT2D eigenvalue weighted by atomic mass is 9.97. The first-order chi connectivity index (χ1) is 12.3. The first kappa shape index (κ1) is 19.0. The molecule has 3 N–H and O–H groups in total. The molecule has 2 rings (SSSR count). The van der Waals surface area contributed by atoms with Crippen LogP contribution in [0, 0.1) is 17.2 Å². The summed E-state index contributed by atoms with van der Waals surface area (Å²) in [6.07, 6.45) is 1.87. The summed E-state index contributed by atoms with van der Waals surface area (Å²) in [7, 11) is 0. The van der Waals surface area contributed by atoms with E-state index >= 15 is 0 Å². The monoisotopic (exact) mass is 356 g/mol. The highest BCUT2D eigenvalue weighted by Gasteiger charge is 2.29. The molecule has 8 nitrogen and oxygen atoms in total. The topological polar surface area (TPSA) is 128 Å². The number of carbonyl (C=O) groups is 3. The van der Waals surface area contributed by atoms with Gasteiger partial charge in [0.05, 0.1) is 11.6 Å². The number of rotatable bonds is 4. The first-order valence-electron chi connectivity index (χ1n) is 8.12. The van der Waals surface area contributed by atoms with Crippen LogP contribution in [0.2, 0.25) is 0 Å². The van der Waals surface area contributed by atoms with Gasteiger partial charge >= 0.3 is 5.97 Å². The number of piperidine rings is 1. The smallest absolute Gasteiger partial charge is 0.306 e. The van der Waals surface area contributed by atoms with E-state index in [1.807, 2.05) is 6.07 Å². The second-order valence-corrected chi connectivity index (χ2v) is 6.04. The Labute approximate surface area is 151 Å². The lowest BCUT2D eigenvalue weighted by Gasteiger charge is -2.30. The van der Waals surface area contributed by atoms with E-state index in [9.17, 15) is 19.6 Å². The zero-order chi connectivity index (χ0) is 19.3. The molecule has 1 heterocycles. The standard InChI is InChI=1S/C18H20N4O4/c1-12(23)22(16-4-2-3-15(20)9-16)11-14(10-19)17(24)21-7-5-13(6-8-21)18(25)26/h2-4,9,11,13H,5-8,20H2,1H3,(H,25,26)/b14-11-. The molecule has 1 aliphatic rings. The molecule has 1 saturated heterocycles. The summed E-state index contributed by atoms with van der Waals surface area (Å²) in [5.41, 5.74) is 6.42. The Hall–Kier alpha value is -3.34. The number of hydrogen-bond donors (Lipinski definition) is 2. The molecule has 0 radical (unpaired) electrons. The van der Waals surface area contributed by atoms with E-state index < -0.39 is 17.8 Å². The number of nitriles is 1. The van der Waals surface area contributed by atoms with Gasteiger partial charge in [0.2, 0.25) is 5.91 Å². The van der Waals surface area contributed by atoms with E-state index in [0.29, 0.717) is 24.2 Å².